The Balaban J connectivity index is 0.00000160. The predicted octanol–water partition coefficient (Wildman–Crippen LogP) is 0.124. The molecule has 13 rings (SSSR count). The van der Waals surface area contributed by atoms with E-state index >= 15 is 0 Å². The maximum atomic E-state index is 7.55. The molecule has 8 heteroatoms. The van der Waals surface area contributed by atoms with Gasteiger partial charge in [-0.1, -0.05) is 62.4 Å². The summed E-state index contributed by atoms with van der Waals surface area (Å²) in [7, 11) is 0. The topological polar surface area (TPSA) is 24.9 Å². The van der Waals surface area contributed by atoms with Gasteiger partial charge in [0.2, 0.25) is 0 Å². The maximum absolute atomic E-state index is 7.55. The Hall–Kier alpha value is -2.06. The first-order valence-corrected chi connectivity index (χ1v) is 20.7. The van der Waals surface area contributed by atoms with Crippen LogP contribution < -0.4 is 34.6 Å². The molecule has 2 unspecified atom stereocenters. The molecule has 2 aliphatic carbocycles. The lowest BCUT2D eigenvalue weighted by Crippen LogP contribution is -3.00. The highest BCUT2D eigenvalue weighted by Crippen LogP contribution is 2.72. The van der Waals surface area contributed by atoms with Crippen molar-refractivity contribution in [1.82, 2.24) is 0 Å². The highest BCUT2D eigenvalue weighted by molar-refractivity contribution is 5.72. The predicted molar refractivity (Wildman–Crippen MR) is 195 cm³/mol. The minimum Gasteiger partial charge on any atom is -1.00 e. The standard InChI is InChI=1S/C44H54N4O2.2ClH/c1-3-17-47-19-15-43-31-9-5-7-11-33(31)45-39(43)37-29(23-35(43)47)27(25-47)13-21-49-41(37)46-34-12-8-6-10-32(34)44-16-20-48(18-4-2)26-28-14-22-50-42(45)38(40(44)46)30(28)24-36(44)48;;/h5-14,29-30,35-42H,3-4,15-26H2,1-2H3;2*1H/q+2;;/p-2/t29-,30-,35-,36-,37+,38+,39-,40-,41+,42+,43+,44+,47?,48?;;/m0../s1. The van der Waals surface area contributed by atoms with E-state index in [0.29, 0.717) is 47.8 Å². The van der Waals surface area contributed by atoms with Gasteiger partial charge in [0.1, 0.15) is 37.6 Å². The first kappa shape index (κ1) is 33.3. The van der Waals surface area contributed by atoms with Crippen LogP contribution in [0.15, 0.2) is 71.8 Å². The zero-order valence-electron chi connectivity index (χ0n) is 30.8. The summed E-state index contributed by atoms with van der Waals surface area (Å²) in [6.07, 6.45) is 13.1. The summed E-state index contributed by atoms with van der Waals surface area (Å²) < 4.78 is 17.7. The van der Waals surface area contributed by atoms with E-state index in [4.69, 9.17) is 9.47 Å². The summed E-state index contributed by atoms with van der Waals surface area (Å²) in [4.78, 5) is 6.03. The second-order valence-corrected chi connectivity index (χ2v) is 18.8. The molecule has 52 heavy (non-hydrogen) atoms. The third-order valence-electron chi connectivity index (χ3n) is 17.8. The third kappa shape index (κ3) is 3.41. The normalized spacial score (nSPS) is 48.1. The van der Waals surface area contributed by atoms with Crippen molar-refractivity contribution < 1.29 is 43.3 Å². The first-order valence-electron chi connectivity index (χ1n) is 20.7. The molecule has 0 radical (unpaired) electrons. The van der Waals surface area contributed by atoms with Gasteiger partial charge in [-0.3, -0.25) is 0 Å². The molecule has 6 nitrogen and oxygen atoms in total. The number of halogens is 2. The van der Waals surface area contributed by atoms with Crippen LogP contribution in [0.4, 0.5) is 11.4 Å². The monoisotopic (exact) mass is 740 g/mol. The summed E-state index contributed by atoms with van der Waals surface area (Å²) in [5.74, 6) is 1.97. The van der Waals surface area contributed by atoms with Gasteiger partial charge >= 0.3 is 0 Å². The van der Waals surface area contributed by atoms with E-state index in [1.165, 1.54) is 98.1 Å². The number of quaternary nitrogens is 2. The fourth-order valence-electron chi connectivity index (χ4n) is 16.9. The minimum absolute atomic E-state index is 0. The van der Waals surface area contributed by atoms with Gasteiger partial charge in [-0.2, -0.15) is 0 Å². The van der Waals surface area contributed by atoms with Crippen LogP contribution in [-0.4, -0.2) is 98.1 Å². The molecule has 0 amide bonds. The maximum Gasteiger partial charge on any atom is 0.136 e. The fourth-order valence-corrected chi connectivity index (χ4v) is 16.9. The first-order chi connectivity index (χ1) is 24.6. The Morgan fingerprint density at radius 3 is 1.54 bits per heavy atom. The van der Waals surface area contributed by atoms with Crippen molar-refractivity contribution in [2.24, 2.45) is 23.7 Å². The quantitative estimate of drug-likeness (QED) is 0.329. The van der Waals surface area contributed by atoms with Gasteiger partial charge in [0.25, 0.3) is 0 Å². The number of nitrogens with zero attached hydrogens (tertiary/aromatic N) is 4. The van der Waals surface area contributed by atoms with E-state index in [9.17, 15) is 0 Å². The van der Waals surface area contributed by atoms with Crippen LogP contribution in [0, 0.1) is 23.7 Å². The molecule has 2 aromatic carbocycles. The van der Waals surface area contributed by atoms with Crippen molar-refractivity contribution in [1.29, 1.82) is 0 Å². The van der Waals surface area contributed by atoms with Crippen LogP contribution >= 0.6 is 0 Å². The molecule has 4 bridgehead atoms. The fraction of sp³-hybridized carbons (Fsp3) is 0.636. The SMILES string of the molecule is CCC[N+]12CC[C@@]34c5ccccc5N5[C@@H]6OCC=C7C[N+]8(CCC)CC[C@]9%10c%11ccccc%11N([C@@H]%11OCC=C(C1)[C@H](C[C@@H]32)[C@@H]%11[C@H]54)[C@H]9[C@H]6[C@H]7C[C@@H]%108.[Cl-].[Cl-]. The Kier molecular flexibility index (Phi) is 6.93. The molecule has 276 valence electrons. The minimum atomic E-state index is 0. The molecule has 2 spiro atoms. The molecule has 14 atom stereocenters. The number of anilines is 2. The highest BCUT2D eigenvalue weighted by Gasteiger charge is 2.80. The van der Waals surface area contributed by atoms with Gasteiger partial charge in [0, 0.05) is 60.7 Å². The molecule has 0 aromatic heterocycles. The Labute approximate surface area is 322 Å². The van der Waals surface area contributed by atoms with Gasteiger partial charge in [0.15, 0.2) is 0 Å². The average Bonchev–Trinajstić information content (AvgIpc) is 3.75. The molecule has 2 saturated carbocycles. The number of piperidine rings is 2. The van der Waals surface area contributed by atoms with Crippen molar-refractivity contribution in [3.05, 3.63) is 83.0 Å². The second kappa shape index (κ2) is 10.8. The van der Waals surface area contributed by atoms with Crippen molar-refractivity contribution in [3.63, 3.8) is 0 Å². The van der Waals surface area contributed by atoms with E-state index in [2.05, 4.69) is 84.3 Å². The lowest BCUT2D eigenvalue weighted by molar-refractivity contribution is -0.943. The lowest BCUT2D eigenvalue weighted by atomic mass is 9.52. The van der Waals surface area contributed by atoms with Crippen LogP contribution in [0.2, 0.25) is 0 Å². The van der Waals surface area contributed by atoms with E-state index in [1.54, 1.807) is 22.3 Å². The Morgan fingerprint density at radius 1 is 0.654 bits per heavy atom. The van der Waals surface area contributed by atoms with Crippen molar-refractivity contribution in [2.75, 3.05) is 62.3 Å². The number of ether oxygens (including phenoxy) is 2. The largest absolute Gasteiger partial charge is 1.00 e. The highest BCUT2D eigenvalue weighted by atomic mass is 35.5. The van der Waals surface area contributed by atoms with Crippen LogP contribution in [-0.2, 0) is 20.3 Å². The van der Waals surface area contributed by atoms with Crippen LogP contribution in [0.25, 0.3) is 0 Å². The van der Waals surface area contributed by atoms with Crippen LogP contribution in [0.5, 0.6) is 0 Å². The van der Waals surface area contributed by atoms with Crippen LogP contribution in [0.3, 0.4) is 0 Å². The zero-order chi connectivity index (χ0) is 32.8. The van der Waals surface area contributed by atoms with Gasteiger partial charge < -0.3 is 53.1 Å². The van der Waals surface area contributed by atoms with Crippen molar-refractivity contribution in [2.45, 2.75) is 99.8 Å². The molecule has 2 aromatic rings. The average molecular weight is 742 g/mol. The molecule has 0 N–H and O–H groups in total. The molecule has 5 saturated heterocycles. The summed E-state index contributed by atoms with van der Waals surface area (Å²) in [6, 6.07) is 21.8. The van der Waals surface area contributed by atoms with Gasteiger partial charge in [-0.25, -0.2) is 0 Å². The van der Waals surface area contributed by atoms with E-state index in [0.717, 1.165) is 13.2 Å². The summed E-state index contributed by atoms with van der Waals surface area (Å²) in [5, 5.41) is 0. The summed E-state index contributed by atoms with van der Waals surface area (Å²) in [6.45, 7) is 14.1. The van der Waals surface area contributed by atoms with Crippen LogP contribution in [0.1, 0.15) is 63.5 Å². The summed E-state index contributed by atoms with van der Waals surface area (Å²) in [5.41, 5.74) is 10.1. The van der Waals surface area contributed by atoms with Gasteiger partial charge in [-0.05, 0) is 47.2 Å². The molecule has 7 fully saturated rings. The smallest absolute Gasteiger partial charge is 0.136 e. The second-order valence-electron chi connectivity index (χ2n) is 18.8. The number of para-hydroxylation sites is 2. The number of hydrogen-bond donors (Lipinski definition) is 0. The number of rotatable bonds is 4. The van der Waals surface area contributed by atoms with Gasteiger partial charge in [-0.15, -0.1) is 0 Å². The Bertz CT molecular complexity index is 1780. The number of benzene rings is 2. The van der Waals surface area contributed by atoms with Crippen molar-refractivity contribution >= 4 is 11.4 Å². The summed E-state index contributed by atoms with van der Waals surface area (Å²) >= 11 is 0. The molecule has 11 aliphatic rings. The van der Waals surface area contributed by atoms with E-state index in [-0.39, 0.29) is 48.1 Å². The molecule has 9 aliphatic heterocycles. The number of hydrogen-bond acceptors (Lipinski definition) is 4. The van der Waals surface area contributed by atoms with Gasteiger partial charge in [0.05, 0.1) is 62.3 Å². The third-order valence-corrected chi connectivity index (χ3v) is 17.8. The molecule has 9 heterocycles. The van der Waals surface area contributed by atoms with E-state index < -0.39 is 0 Å². The Morgan fingerprint density at radius 2 is 1.10 bits per heavy atom. The molecular weight excluding hydrogens is 687 g/mol. The van der Waals surface area contributed by atoms with E-state index in [1.807, 2.05) is 0 Å². The lowest BCUT2D eigenvalue weighted by Gasteiger charge is -2.65. The van der Waals surface area contributed by atoms with Crippen molar-refractivity contribution in [3.8, 4) is 0 Å². The molecular formula is C44H54Cl2N4O2. The zero-order valence-corrected chi connectivity index (χ0v) is 32.3. The number of fused-ring (bicyclic) bond motifs is 6.